The van der Waals surface area contributed by atoms with E-state index < -0.39 is 41.9 Å². The maximum absolute atomic E-state index is 12.2. The van der Waals surface area contributed by atoms with Crippen molar-refractivity contribution in [2.45, 2.75) is 44.3 Å². The van der Waals surface area contributed by atoms with Crippen LogP contribution in [-0.2, 0) is 25.6 Å². The van der Waals surface area contributed by atoms with Gasteiger partial charge in [0.05, 0.1) is 6.04 Å². The Kier molecular flexibility index (Phi) is 8.21. The lowest BCUT2D eigenvalue weighted by Crippen LogP contribution is -2.53. The second kappa shape index (κ2) is 10.1. The molecule has 0 fully saturated rings. The maximum Gasteiger partial charge on any atom is 0.326 e. The summed E-state index contributed by atoms with van der Waals surface area (Å²) < 4.78 is 0. The van der Waals surface area contributed by atoms with Crippen LogP contribution < -0.4 is 16.4 Å². The molecule has 0 aliphatic carbocycles. The quantitative estimate of drug-likeness (QED) is 0.305. The third-order valence-electron chi connectivity index (χ3n) is 3.75. The molecule has 0 spiro atoms. The molecule has 1 aromatic rings. The van der Waals surface area contributed by atoms with Crippen molar-refractivity contribution in [3.05, 3.63) is 29.8 Å². The van der Waals surface area contributed by atoms with Crippen LogP contribution in [0.2, 0.25) is 0 Å². The smallest absolute Gasteiger partial charge is 0.326 e. The van der Waals surface area contributed by atoms with Crippen LogP contribution in [0.4, 0.5) is 0 Å². The summed E-state index contributed by atoms with van der Waals surface area (Å²) in [7, 11) is 0. The van der Waals surface area contributed by atoms with Crippen LogP contribution in [0.3, 0.4) is 0 Å². The van der Waals surface area contributed by atoms with E-state index in [9.17, 15) is 29.4 Å². The molecule has 148 valence electrons. The minimum atomic E-state index is -1.26. The van der Waals surface area contributed by atoms with Crippen molar-refractivity contribution >= 4 is 23.8 Å². The second-order valence-corrected chi connectivity index (χ2v) is 6.04. The summed E-state index contributed by atoms with van der Waals surface area (Å²) in [6.45, 7) is 1.36. The molecule has 0 aliphatic heterocycles. The summed E-state index contributed by atoms with van der Waals surface area (Å²) in [6, 6.07) is 2.48. The minimum absolute atomic E-state index is 0.0137. The average molecular weight is 381 g/mol. The van der Waals surface area contributed by atoms with Crippen LogP contribution in [0.5, 0.6) is 5.75 Å². The molecule has 3 atom stereocenters. The standard InChI is InChI=1S/C17H23N3O7/c1-9(19-16(25)12(18)6-7-14(22)23)15(24)20-13(17(26)27)8-10-2-4-11(21)5-3-10/h2-5,9,12-13,21H,6-8,18H2,1H3,(H,19,25)(H,20,24)(H,22,23)(H,26,27). The van der Waals surface area contributed by atoms with Gasteiger partial charge in [0, 0.05) is 12.8 Å². The molecule has 10 nitrogen and oxygen atoms in total. The van der Waals surface area contributed by atoms with Crippen molar-refractivity contribution in [3.63, 3.8) is 0 Å². The van der Waals surface area contributed by atoms with Gasteiger partial charge in [0.1, 0.15) is 17.8 Å². The highest BCUT2D eigenvalue weighted by molar-refractivity contribution is 5.91. The molecule has 0 saturated heterocycles. The summed E-state index contributed by atoms with van der Waals surface area (Å²) in [5.74, 6) is -3.75. The number of carboxylic acid groups (broad SMARTS) is 2. The third-order valence-corrected chi connectivity index (χ3v) is 3.75. The number of hydrogen-bond acceptors (Lipinski definition) is 6. The first-order chi connectivity index (χ1) is 12.6. The van der Waals surface area contributed by atoms with E-state index in [0.29, 0.717) is 5.56 Å². The van der Waals surface area contributed by atoms with Gasteiger partial charge in [0.15, 0.2) is 0 Å². The van der Waals surface area contributed by atoms with Crippen molar-refractivity contribution in [3.8, 4) is 5.75 Å². The summed E-state index contributed by atoms with van der Waals surface area (Å²) in [5.41, 5.74) is 6.15. The van der Waals surface area contributed by atoms with Gasteiger partial charge in [-0.1, -0.05) is 12.1 Å². The monoisotopic (exact) mass is 381 g/mol. The summed E-state index contributed by atoms with van der Waals surface area (Å²) >= 11 is 0. The fraction of sp³-hybridized carbons (Fsp3) is 0.412. The maximum atomic E-state index is 12.2. The number of benzene rings is 1. The van der Waals surface area contributed by atoms with Crippen LogP contribution in [-0.4, -0.2) is 57.2 Å². The first-order valence-electron chi connectivity index (χ1n) is 8.19. The molecule has 7 N–H and O–H groups in total. The van der Waals surface area contributed by atoms with Crippen molar-refractivity contribution in [2.75, 3.05) is 0 Å². The first kappa shape index (κ1) is 21.9. The third kappa shape index (κ3) is 7.74. The first-order valence-corrected chi connectivity index (χ1v) is 8.19. The molecule has 0 saturated carbocycles. The SMILES string of the molecule is CC(NC(=O)C(N)CCC(=O)O)C(=O)NC(Cc1ccc(O)cc1)C(=O)O. The van der Waals surface area contributed by atoms with E-state index in [1.807, 2.05) is 0 Å². The van der Waals surface area contributed by atoms with E-state index in [0.717, 1.165) is 0 Å². The number of rotatable bonds is 10. The highest BCUT2D eigenvalue weighted by Crippen LogP contribution is 2.11. The largest absolute Gasteiger partial charge is 0.508 e. The second-order valence-electron chi connectivity index (χ2n) is 6.04. The number of phenols is 1. The van der Waals surface area contributed by atoms with E-state index >= 15 is 0 Å². The number of aromatic hydroxyl groups is 1. The number of carbonyl (C=O) groups is 4. The highest BCUT2D eigenvalue weighted by atomic mass is 16.4. The van der Waals surface area contributed by atoms with Gasteiger partial charge in [0.25, 0.3) is 0 Å². The molecule has 1 rings (SSSR count). The molecular formula is C17H23N3O7. The zero-order valence-corrected chi connectivity index (χ0v) is 14.7. The summed E-state index contributed by atoms with van der Waals surface area (Å²) in [6.07, 6.45) is -0.392. The van der Waals surface area contributed by atoms with Gasteiger partial charge >= 0.3 is 11.9 Å². The molecule has 2 amide bonds. The van der Waals surface area contributed by atoms with Crippen LogP contribution in [0, 0.1) is 0 Å². The number of phenolic OH excluding ortho intramolecular Hbond substituents is 1. The zero-order valence-electron chi connectivity index (χ0n) is 14.7. The fourth-order valence-corrected chi connectivity index (χ4v) is 2.16. The van der Waals surface area contributed by atoms with Crippen molar-refractivity contribution < 1.29 is 34.5 Å². The lowest BCUT2D eigenvalue weighted by atomic mass is 10.1. The fourth-order valence-electron chi connectivity index (χ4n) is 2.16. The molecule has 10 heteroatoms. The molecule has 0 bridgehead atoms. The van der Waals surface area contributed by atoms with Gasteiger partial charge in [-0.05, 0) is 31.0 Å². The minimum Gasteiger partial charge on any atom is -0.508 e. The van der Waals surface area contributed by atoms with Gasteiger partial charge in [0.2, 0.25) is 11.8 Å². The summed E-state index contributed by atoms with van der Waals surface area (Å²) in [4.78, 5) is 45.9. The van der Waals surface area contributed by atoms with E-state index in [-0.39, 0.29) is 25.0 Å². The van der Waals surface area contributed by atoms with Crippen LogP contribution in [0.1, 0.15) is 25.3 Å². The predicted molar refractivity (Wildman–Crippen MR) is 93.8 cm³/mol. The van der Waals surface area contributed by atoms with Crippen LogP contribution in [0.25, 0.3) is 0 Å². The number of nitrogens with two attached hydrogens (primary N) is 1. The summed E-state index contributed by atoms with van der Waals surface area (Å²) in [5, 5.41) is 31.8. The Morgan fingerprint density at radius 3 is 2.15 bits per heavy atom. The topological polar surface area (TPSA) is 179 Å². The van der Waals surface area contributed by atoms with Crippen molar-refractivity contribution in [2.24, 2.45) is 5.73 Å². The highest BCUT2D eigenvalue weighted by Gasteiger charge is 2.25. The average Bonchev–Trinajstić information content (AvgIpc) is 2.60. The number of hydrogen-bond donors (Lipinski definition) is 6. The number of aliphatic carboxylic acids is 2. The molecule has 1 aromatic carbocycles. The molecule has 0 aromatic heterocycles. The van der Waals surface area contributed by atoms with Gasteiger partial charge in [-0.15, -0.1) is 0 Å². The molecule has 27 heavy (non-hydrogen) atoms. The molecule has 3 unspecified atom stereocenters. The van der Waals surface area contributed by atoms with E-state index in [1.165, 1.54) is 31.2 Å². The van der Waals surface area contributed by atoms with Gasteiger partial charge in [-0.25, -0.2) is 4.79 Å². The van der Waals surface area contributed by atoms with Crippen molar-refractivity contribution in [1.82, 2.24) is 10.6 Å². The van der Waals surface area contributed by atoms with E-state index in [2.05, 4.69) is 10.6 Å². The Morgan fingerprint density at radius 1 is 1.04 bits per heavy atom. The van der Waals surface area contributed by atoms with Crippen LogP contribution in [0.15, 0.2) is 24.3 Å². The van der Waals surface area contributed by atoms with Gasteiger partial charge in [-0.2, -0.15) is 0 Å². The lowest BCUT2D eigenvalue weighted by molar-refractivity contribution is -0.142. The zero-order chi connectivity index (χ0) is 20.6. The van der Waals surface area contributed by atoms with Crippen molar-refractivity contribution in [1.29, 1.82) is 0 Å². The number of carbonyl (C=O) groups excluding carboxylic acids is 2. The molecule has 0 radical (unpaired) electrons. The lowest BCUT2D eigenvalue weighted by Gasteiger charge is -2.20. The molecule has 0 aliphatic rings. The Bertz CT molecular complexity index is 690. The molecule has 0 heterocycles. The van der Waals surface area contributed by atoms with E-state index in [4.69, 9.17) is 10.8 Å². The normalized spacial score (nSPS) is 13.9. The Labute approximate surface area is 155 Å². The number of nitrogens with one attached hydrogen (secondary N) is 2. The Morgan fingerprint density at radius 2 is 1.63 bits per heavy atom. The Balaban J connectivity index is 2.61. The molecular weight excluding hydrogens is 358 g/mol. The van der Waals surface area contributed by atoms with Gasteiger partial charge < -0.3 is 31.7 Å². The predicted octanol–water partition coefficient (Wildman–Crippen LogP) is -0.799. The van der Waals surface area contributed by atoms with Crippen LogP contribution >= 0.6 is 0 Å². The Hall–Kier alpha value is -3.14. The number of carboxylic acids is 2. The van der Waals surface area contributed by atoms with Gasteiger partial charge in [-0.3, -0.25) is 14.4 Å². The van der Waals surface area contributed by atoms with E-state index in [1.54, 1.807) is 0 Å². The number of amides is 2.